The number of benzene rings is 1. The normalized spacial score (nSPS) is 10.2. The fourth-order valence-corrected chi connectivity index (χ4v) is 1.12. The Kier molecular flexibility index (Phi) is 2.48. The van der Waals surface area contributed by atoms with Crippen molar-refractivity contribution in [2.45, 2.75) is 19.8 Å². The number of carbonyl (C=O) groups is 1. The smallest absolute Gasteiger partial charge is 0.150 e. The molecule has 0 bridgehead atoms. The molecule has 1 N–H and O–H groups in total. The Balaban J connectivity index is 3.11. The number of carbonyl (C=O) groups excluding carboxylic acids is 1. The van der Waals surface area contributed by atoms with Crippen molar-refractivity contribution in [1.29, 1.82) is 0 Å². The zero-order chi connectivity index (χ0) is 9.14. The average Bonchev–Trinajstić information content (AvgIpc) is 2.03. The number of aromatic hydroxyl groups is 1. The number of phenolic OH excluding ortho intramolecular Hbond substituents is 1. The van der Waals surface area contributed by atoms with Gasteiger partial charge in [0, 0.05) is 5.56 Å². The fraction of sp³-hybridized carbons (Fsp3) is 0.300. The van der Waals surface area contributed by atoms with Crippen molar-refractivity contribution < 1.29 is 9.90 Å². The van der Waals surface area contributed by atoms with Gasteiger partial charge in [0.1, 0.15) is 12.0 Å². The van der Waals surface area contributed by atoms with Crippen molar-refractivity contribution in [1.82, 2.24) is 0 Å². The van der Waals surface area contributed by atoms with E-state index in [0.717, 1.165) is 11.8 Å². The minimum atomic E-state index is 0.203. The summed E-state index contributed by atoms with van der Waals surface area (Å²) in [6.07, 6.45) is 0.726. The number of hydrogen-bond acceptors (Lipinski definition) is 2. The van der Waals surface area contributed by atoms with Crippen LogP contribution in [0.15, 0.2) is 18.2 Å². The Bertz CT molecular complexity index is 290. The molecule has 1 aromatic rings. The SMILES string of the molecule is CC(C)c1ccc(C=O)cc1O. The molecule has 1 aromatic carbocycles. The van der Waals surface area contributed by atoms with Crippen molar-refractivity contribution in [2.75, 3.05) is 0 Å². The molecule has 0 aliphatic rings. The Hall–Kier alpha value is -1.31. The number of phenols is 1. The summed E-state index contributed by atoms with van der Waals surface area (Å²) in [7, 11) is 0. The molecule has 0 aliphatic carbocycles. The van der Waals surface area contributed by atoms with Gasteiger partial charge in [-0.3, -0.25) is 4.79 Å². The van der Waals surface area contributed by atoms with Crippen LogP contribution in [-0.2, 0) is 0 Å². The number of hydrogen-bond donors (Lipinski definition) is 1. The number of rotatable bonds is 2. The van der Waals surface area contributed by atoms with Crippen LogP contribution in [0.4, 0.5) is 0 Å². The van der Waals surface area contributed by atoms with E-state index in [0.29, 0.717) is 5.56 Å². The molecule has 0 heterocycles. The van der Waals surface area contributed by atoms with Crippen LogP contribution in [0, 0.1) is 0 Å². The van der Waals surface area contributed by atoms with Gasteiger partial charge in [-0.05, 0) is 17.5 Å². The first kappa shape index (κ1) is 8.78. The van der Waals surface area contributed by atoms with Crippen molar-refractivity contribution in [2.24, 2.45) is 0 Å². The first-order valence-electron chi connectivity index (χ1n) is 3.93. The van der Waals surface area contributed by atoms with E-state index in [2.05, 4.69) is 0 Å². The second-order valence-electron chi connectivity index (χ2n) is 3.09. The average molecular weight is 164 g/mol. The van der Waals surface area contributed by atoms with E-state index in [9.17, 15) is 9.90 Å². The fourth-order valence-electron chi connectivity index (χ4n) is 1.12. The highest BCUT2D eigenvalue weighted by Crippen LogP contribution is 2.25. The first-order valence-corrected chi connectivity index (χ1v) is 3.93. The quantitative estimate of drug-likeness (QED) is 0.681. The molecule has 0 amide bonds. The summed E-state index contributed by atoms with van der Waals surface area (Å²) < 4.78 is 0. The van der Waals surface area contributed by atoms with Gasteiger partial charge < -0.3 is 5.11 Å². The third kappa shape index (κ3) is 1.64. The lowest BCUT2D eigenvalue weighted by atomic mass is 10.0. The zero-order valence-electron chi connectivity index (χ0n) is 7.24. The largest absolute Gasteiger partial charge is 0.508 e. The van der Waals surface area contributed by atoms with E-state index in [-0.39, 0.29) is 11.7 Å². The molecule has 0 aromatic heterocycles. The van der Waals surface area contributed by atoms with Crippen LogP contribution in [0.5, 0.6) is 5.75 Å². The summed E-state index contributed by atoms with van der Waals surface area (Å²) >= 11 is 0. The molecule has 12 heavy (non-hydrogen) atoms. The van der Waals surface area contributed by atoms with Crippen LogP contribution < -0.4 is 0 Å². The molecule has 0 atom stereocenters. The van der Waals surface area contributed by atoms with Gasteiger partial charge in [0.25, 0.3) is 0 Å². The number of aldehydes is 1. The maximum absolute atomic E-state index is 10.3. The second-order valence-corrected chi connectivity index (χ2v) is 3.09. The molecule has 0 saturated carbocycles. The molecular weight excluding hydrogens is 152 g/mol. The third-order valence-corrected chi connectivity index (χ3v) is 1.81. The van der Waals surface area contributed by atoms with Crippen LogP contribution in [0.2, 0.25) is 0 Å². The van der Waals surface area contributed by atoms with Gasteiger partial charge >= 0.3 is 0 Å². The Morgan fingerprint density at radius 2 is 2.08 bits per heavy atom. The van der Waals surface area contributed by atoms with Gasteiger partial charge in [-0.15, -0.1) is 0 Å². The van der Waals surface area contributed by atoms with Crippen LogP contribution in [0.1, 0.15) is 35.7 Å². The first-order chi connectivity index (χ1) is 5.65. The molecule has 0 unspecified atom stereocenters. The molecule has 0 aliphatic heterocycles. The lowest BCUT2D eigenvalue weighted by Crippen LogP contribution is -1.89. The summed E-state index contributed by atoms with van der Waals surface area (Å²) in [6, 6.07) is 4.98. The van der Waals surface area contributed by atoms with Gasteiger partial charge in [-0.2, -0.15) is 0 Å². The Morgan fingerprint density at radius 1 is 1.42 bits per heavy atom. The maximum atomic E-state index is 10.3. The topological polar surface area (TPSA) is 37.3 Å². The zero-order valence-corrected chi connectivity index (χ0v) is 7.24. The highest BCUT2D eigenvalue weighted by atomic mass is 16.3. The van der Waals surface area contributed by atoms with Crippen LogP contribution in [0.25, 0.3) is 0 Å². The lowest BCUT2D eigenvalue weighted by Gasteiger charge is -2.07. The van der Waals surface area contributed by atoms with Gasteiger partial charge in [0.2, 0.25) is 0 Å². The van der Waals surface area contributed by atoms with Crippen molar-refractivity contribution in [3.63, 3.8) is 0 Å². The Labute approximate surface area is 71.8 Å². The molecular formula is C10H12O2. The predicted molar refractivity (Wildman–Crippen MR) is 47.6 cm³/mol. The molecule has 0 radical (unpaired) electrons. The summed E-state index contributed by atoms with van der Waals surface area (Å²) in [5.74, 6) is 0.486. The molecule has 0 fully saturated rings. The lowest BCUT2D eigenvalue weighted by molar-refractivity contribution is 0.112. The minimum absolute atomic E-state index is 0.203. The van der Waals surface area contributed by atoms with E-state index in [1.165, 1.54) is 6.07 Å². The molecule has 1 rings (SSSR count). The van der Waals surface area contributed by atoms with E-state index in [1.54, 1.807) is 12.1 Å². The maximum Gasteiger partial charge on any atom is 0.150 e. The van der Waals surface area contributed by atoms with E-state index >= 15 is 0 Å². The van der Waals surface area contributed by atoms with Gasteiger partial charge in [0.05, 0.1) is 0 Å². The monoisotopic (exact) mass is 164 g/mol. The summed E-state index contributed by atoms with van der Waals surface area (Å²) in [6.45, 7) is 3.99. The Morgan fingerprint density at radius 3 is 2.50 bits per heavy atom. The van der Waals surface area contributed by atoms with E-state index in [4.69, 9.17) is 0 Å². The van der Waals surface area contributed by atoms with E-state index in [1.807, 2.05) is 13.8 Å². The molecule has 0 saturated heterocycles. The van der Waals surface area contributed by atoms with Crippen molar-refractivity contribution in [3.8, 4) is 5.75 Å². The van der Waals surface area contributed by atoms with Crippen molar-refractivity contribution in [3.05, 3.63) is 29.3 Å². The van der Waals surface area contributed by atoms with Gasteiger partial charge in [0.15, 0.2) is 0 Å². The highest BCUT2D eigenvalue weighted by Gasteiger charge is 2.05. The standard InChI is InChI=1S/C10H12O2/c1-7(2)9-4-3-8(6-11)5-10(9)12/h3-7,12H,1-2H3. The molecule has 2 nitrogen and oxygen atoms in total. The summed E-state index contributed by atoms with van der Waals surface area (Å²) in [4.78, 5) is 10.3. The third-order valence-electron chi connectivity index (χ3n) is 1.81. The summed E-state index contributed by atoms with van der Waals surface area (Å²) in [5, 5.41) is 9.43. The molecule has 2 heteroatoms. The minimum Gasteiger partial charge on any atom is -0.508 e. The van der Waals surface area contributed by atoms with E-state index < -0.39 is 0 Å². The van der Waals surface area contributed by atoms with Crippen LogP contribution >= 0.6 is 0 Å². The van der Waals surface area contributed by atoms with Crippen molar-refractivity contribution >= 4 is 6.29 Å². The highest BCUT2D eigenvalue weighted by molar-refractivity contribution is 5.75. The van der Waals surface area contributed by atoms with Gasteiger partial charge in [-0.1, -0.05) is 26.0 Å². The van der Waals surface area contributed by atoms with Gasteiger partial charge in [-0.25, -0.2) is 0 Å². The molecule has 0 spiro atoms. The summed E-state index contributed by atoms with van der Waals surface area (Å²) in [5.41, 5.74) is 1.39. The van der Waals surface area contributed by atoms with Crippen LogP contribution in [-0.4, -0.2) is 11.4 Å². The second kappa shape index (κ2) is 3.39. The van der Waals surface area contributed by atoms with Crippen LogP contribution in [0.3, 0.4) is 0 Å². The predicted octanol–water partition coefficient (Wildman–Crippen LogP) is 2.33. The molecule has 64 valence electrons.